The van der Waals surface area contributed by atoms with Crippen LogP contribution in [0.4, 0.5) is 10.1 Å². The number of benzene rings is 1. The van der Waals surface area contributed by atoms with Crippen molar-refractivity contribution in [3.05, 3.63) is 39.7 Å². The molecule has 5 heteroatoms. The highest BCUT2D eigenvalue weighted by Gasteiger charge is 2.14. The Labute approximate surface area is 106 Å². The second-order valence-corrected chi connectivity index (χ2v) is 4.60. The summed E-state index contributed by atoms with van der Waals surface area (Å²) in [7, 11) is 0. The van der Waals surface area contributed by atoms with E-state index in [-0.39, 0.29) is 0 Å². The SMILES string of the molecule is CCC(C)C(C)NCc1ccc([N+](=O)[O-])c(F)c1. The first-order chi connectivity index (χ1) is 8.45. The fourth-order valence-corrected chi connectivity index (χ4v) is 1.64. The van der Waals surface area contributed by atoms with E-state index in [1.807, 2.05) is 0 Å². The lowest BCUT2D eigenvalue weighted by Gasteiger charge is -2.19. The van der Waals surface area contributed by atoms with Crippen LogP contribution in [0.15, 0.2) is 18.2 Å². The molecule has 1 rings (SSSR count). The number of hydrogen-bond acceptors (Lipinski definition) is 3. The molecular weight excluding hydrogens is 235 g/mol. The lowest BCUT2D eigenvalue weighted by atomic mass is 10.0. The fourth-order valence-electron chi connectivity index (χ4n) is 1.64. The van der Waals surface area contributed by atoms with E-state index in [1.54, 1.807) is 6.07 Å². The van der Waals surface area contributed by atoms with Crippen molar-refractivity contribution in [3.8, 4) is 0 Å². The summed E-state index contributed by atoms with van der Waals surface area (Å²) in [6, 6.07) is 4.33. The molecule has 2 unspecified atom stereocenters. The first-order valence-electron chi connectivity index (χ1n) is 6.11. The highest BCUT2D eigenvalue weighted by atomic mass is 19.1. The van der Waals surface area contributed by atoms with Gasteiger partial charge < -0.3 is 5.32 Å². The summed E-state index contributed by atoms with van der Waals surface area (Å²) < 4.78 is 13.4. The number of rotatable bonds is 6. The van der Waals surface area contributed by atoms with Crippen molar-refractivity contribution in [2.75, 3.05) is 0 Å². The number of nitrogens with one attached hydrogen (secondary N) is 1. The maximum absolute atomic E-state index is 13.4. The van der Waals surface area contributed by atoms with E-state index in [2.05, 4.69) is 26.1 Å². The van der Waals surface area contributed by atoms with Gasteiger partial charge in [-0.15, -0.1) is 0 Å². The van der Waals surface area contributed by atoms with E-state index >= 15 is 0 Å². The van der Waals surface area contributed by atoms with Gasteiger partial charge in [0.1, 0.15) is 0 Å². The Balaban J connectivity index is 2.64. The molecule has 0 radical (unpaired) electrons. The minimum atomic E-state index is -0.782. The van der Waals surface area contributed by atoms with E-state index < -0.39 is 16.4 Å². The molecule has 0 saturated heterocycles. The van der Waals surface area contributed by atoms with E-state index in [0.717, 1.165) is 6.42 Å². The summed E-state index contributed by atoms with van der Waals surface area (Å²) in [4.78, 5) is 9.76. The summed E-state index contributed by atoms with van der Waals surface area (Å²) in [5.74, 6) is -0.247. The minimum absolute atomic E-state index is 0.327. The Bertz CT molecular complexity index is 423. The van der Waals surface area contributed by atoms with Crippen molar-refractivity contribution in [2.45, 2.75) is 39.8 Å². The molecule has 1 aromatic rings. The topological polar surface area (TPSA) is 55.2 Å². The molecule has 0 bridgehead atoms. The minimum Gasteiger partial charge on any atom is -0.310 e. The van der Waals surface area contributed by atoms with Crippen LogP contribution in [0.1, 0.15) is 32.8 Å². The molecule has 0 aliphatic carbocycles. The number of nitro benzene ring substituents is 1. The number of nitro groups is 1. The second-order valence-electron chi connectivity index (χ2n) is 4.60. The quantitative estimate of drug-likeness (QED) is 0.626. The fraction of sp³-hybridized carbons (Fsp3) is 0.538. The smallest absolute Gasteiger partial charge is 0.304 e. The zero-order valence-corrected chi connectivity index (χ0v) is 10.9. The van der Waals surface area contributed by atoms with Crippen molar-refractivity contribution in [3.63, 3.8) is 0 Å². The molecular formula is C13H19FN2O2. The van der Waals surface area contributed by atoms with Crippen LogP contribution in [-0.4, -0.2) is 11.0 Å². The molecule has 1 N–H and O–H groups in total. The average Bonchev–Trinajstić information content (AvgIpc) is 2.34. The van der Waals surface area contributed by atoms with Gasteiger partial charge in [0.15, 0.2) is 0 Å². The summed E-state index contributed by atoms with van der Waals surface area (Å²) in [5.41, 5.74) is 0.238. The van der Waals surface area contributed by atoms with Crippen molar-refractivity contribution < 1.29 is 9.31 Å². The lowest BCUT2D eigenvalue weighted by molar-refractivity contribution is -0.387. The molecule has 0 saturated carbocycles. The molecule has 1 aromatic carbocycles. The largest absolute Gasteiger partial charge is 0.310 e. The maximum Gasteiger partial charge on any atom is 0.304 e. The summed E-state index contributed by atoms with van der Waals surface area (Å²) in [6.07, 6.45) is 1.07. The Kier molecular flexibility index (Phi) is 5.22. The zero-order valence-electron chi connectivity index (χ0n) is 10.9. The van der Waals surface area contributed by atoms with Crippen LogP contribution in [0.25, 0.3) is 0 Å². The third-order valence-corrected chi connectivity index (χ3v) is 3.33. The molecule has 0 aromatic heterocycles. The van der Waals surface area contributed by atoms with E-state index in [1.165, 1.54) is 12.1 Å². The van der Waals surface area contributed by atoms with Crippen LogP contribution >= 0.6 is 0 Å². The molecule has 4 nitrogen and oxygen atoms in total. The van der Waals surface area contributed by atoms with Crippen molar-refractivity contribution in [1.29, 1.82) is 0 Å². The Morgan fingerprint density at radius 3 is 2.61 bits per heavy atom. The van der Waals surface area contributed by atoms with E-state index in [9.17, 15) is 14.5 Å². The second kappa shape index (κ2) is 6.44. The maximum atomic E-state index is 13.4. The van der Waals surface area contributed by atoms with Gasteiger partial charge in [-0.05, 0) is 24.5 Å². The highest BCUT2D eigenvalue weighted by Crippen LogP contribution is 2.18. The molecule has 0 aliphatic heterocycles. The summed E-state index contributed by atoms with van der Waals surface area (Å²) in [6.45, 7) is 6.86. The van der Waals surface area contributed by atoms with Gasteiger partial charge in [0.25, 0.3) is 0 Å². The molecule has 0 fully saturated rings. The van der Waals surface area contributed by atoms with Gasteiger partial charge in [-0.3, -0.25) is 10.1 Å². The molecule has 100 valence electrons. The highest BCUT2D eigenvalue weighted by molar-refractivity contribution is 5.34. The van der Waals surface area contributed by atoms with Gasteiger partial charge in [-0.25, -0.2) is 0 Å². The van der Waals surface area contributed by atoms with Gasteiger partial charge in [0.2, 0.25) is 5.82 Å². The van der Waals surface area contributed by atoms with Crippen LogP contribution in [0, 0.1) is 21.8 Å². The number of hydrogen-bond donors (Lipinski definition) is 1. The summed E-state index contributed by atoms with van der Waals surface area (Å²) in [5, 5.41) is 13.8. The zero-order chi connectivity index (χ0) is 13.7. The van der Waals surface area contributed by atoms with Gasteiger partial charge in [0, 0.05) is 18.7 Å². The van der Waals surface area contributed by atoms with Crippen molar-refractivity contribution in [1.82, 2.24) is 5.32 Å². The predicted octanol–water partition coefficient (Wildman–Crippen LogP) is 3.26. The Morgan fingerprint density at radius 1 is 1.44 bits per heavy atom. The molecule has 0 spiro atoms. The molecule has 2 atom stereocenters. The van der Waals surface area contributed by atoms with Gasteiger partial charge in [-0.1, -0.05) is 26.3 Å². The third kappa shape index (κ3) is 3.77. The van der Waals surface area contributed by atoms with Gasteiger partial charge >= 0.3 is 5.69 Å². The Hall–Kier alpha value is -1.49. The number of nitrogens with zero attached hydrogens (tertiary/aromatic N) is 1. The lowest BCUT2D eigenvalue weighted by Crippen LogP contribution is -2.31. The molecule has 0 heterocycles. The molecule has 0 amide bonds. The first kappa shape index (κ1) is 14.6. The standard InChI is InChI=1S/C13H19FN2O2/c1-4-9(2)10(3)15-8-11-5-6-13(16(17)18)12(14)7-11/h5-7,9-10,15H,4,8H2,1-3H3. The Morgan fingerprint density at radius 2 is 2.11 bits per heavy atom. The van der Waals surface area contributed by atoms with Crippen LogP contribution in [-0.2, 0) is 6.54 Å². The first-order valence-corrected chi connectivity index (χ1v) is 6.11. The van der Waals surface area contributed by atoms with Crippen LogP contribution in [0.5, 0.6) is 0 Å². The normalized spacial score (nSPS) is 14.2. The predicted molar refractivity (Wildman–Crippen MR) is 68.8 cm³/mol. The number of halogens is 1. The van der Waals surface area contributed by atoms with Crippen molar-refractivity contribution >= 4 is 5.69 Å². The van der Waals surface area contributed by atoms with Gasteiger partial charge in [0.05, 0.1) is 4.92 Å². The monoisotopic (exact) mass is 254 g/mol. The van der Waals surface area contributed by atoms with E-state index in [4.69, 9.17) is 0 Å². The van der Waals surface area contributed by atoms with Crippen molar-refractivity contribution in [2.24, 2.45) is 5.92 Å². The average molecular weight is 254 g/mol. The third-order valence-electron chi connectivity index (χ3n) is 3.33. The van der Waals surface area contributed by atoms with Gasteiger partial charge in [-0.2, -0.15) is 4.39 Å². The van der Waals surface area contributed by atoms with Crippen LogP contribution in [0.3, 0.4) is 0 Å². The molecule has 0 aliphatic rings. The summed E-state index contributed by atoms with van der Waals surface area (Å²) >= 11 is 0. The van der Waals surface area contributed by atoms with E-state index in [0.29, 0.717) is 24.1 Å². The molecule has 18 heavy (non-hydrogen) atoms. The van der Waals surface area contributed by atoms with Crippen LogP contribution < -0.4 is 5.32 Å². The van der Waals surface area contributed by atoms with Crippen LogP contribution in [0.2, 0.25) is 0 Å².